The summed E-state index contributed by atoms with van der Waals surface area (Å²) in [5, 5.41) is 3.57. The van der Waals surface area contributed by atoms with E-state index in [4.69, 9.17) is 0 Å². The highest BCUT2D eigenvalue weighted by molar-refractivity contribution is 4.88. The number of nitrogens with one attached hydrogen (secondary N) is 1. The second-order valence-corrected chi connectivity index (χ2v) is 6.77. The van der Waals surface area contributed by atoms with Crippen LogP contribution in [0, 0.1) is 5.41 Å². The molecule has 1 N–H and O–H groups in total. The van der Waals surface area contributed by atoms with Crippen molar-refractivity contribution in [3.8, 4) is 0 Å². The van der Waals surface area contributed by atoms with Crippen LogP contribution >= 0.6 is 0 Å². The van der Waals surface area contributed by atoms with Crippen LogP contribution in [0.1, 0.15) is 40.5 Å². The van der Waals surface area contributed by atoms with E-state index in [1.54, 1.807) is 0 Å². The Hall–Kier alpha value is -0.120. The molecular formula is C14H29N3. The predicted molar refractivity (Wildman–Crippen MR) is 73.1 cm³/mol. The third-order valence-corrected chi connectivity index (χ3v) is 4.16. The first-order chi connectivity index (χ1) is 7.99. The Kier molecular flexibility index (Phi) is 4.11. The fourth-order valence-electron chi connectivity index (χ4n) is 3.35. The topological polar surface area (TPSA) is 18.5 Å². The summed E-state index contributed by atoms with van der Waals surface area (Å²) in [7, 11) is 0. The van der Waals surface area contributed by atoms with Crippen molar-refractivity contribution in [2.45, 2.75) is 52.7 Å². The molecular weight excluding hydrogens is 210 g/mol. The summed E-state index contributed by atoms with van der Waals surface area (Å²) < 4.78 is 0. The van der Waals surface area contributed by atoms with Gasteiger partial charge in [0.2, 0.25) is 0 Å². The average molecular weight is 239 g/mol. The molecule has 0 aromatic carbocycles. The maximum absolute atomic E-state index is 3.57. The summed E-state index contributed by atoms with van der Waals surface area (Å²) >= 11 is 0. The van der Waals surface area contributed by atoms with Gasteiger partial charge in [-0.2, -0.15) is 0 Å². The molecule has 0 saturated carbocycles. The summed E-state index contributed by atoms with van der Waals surface area (Å²) in [4.78, 5) is 5.40. The van der Waals surface area contributed by atoms with E-state index in [0.717, 1.165) is 13.1 Å². The fraction of sp³-hybridized carbons (Fsp3) is 1.00. The largest absolute Gasteiger partial charge is 0.315 e. The highest BCUT2D eigenvalue weighted by Crippen LogP contribution is 2.27. The van der Waals surface area contributed by atoms with Crippen LogP contribution in [0.3, 0.4) is 0 Å². The highest BCUT2D eigenvalue weighted by atomic mass is 15.4. The van der Waals surface area contributed by atoms with Crippen LogP contribution in [-0.4, -0.2) is 54.7 Å². The number of likely N-dealkylation sites (tertiary alicyclic amines) is 1. The van der Waals surface area contributed by atoms with E-state index in [1.165, 1.54) is 32.5 Å². The van der Waals surface area contributed by atoms with E-state index >= 15 is 0 Å². The Bertz CT molecular complexity index is 250. The summed E-state index contributed by atoms with van der Waals surface area (Å²) in [5.41, 5.74) is 0.405. The lowest BCUT2D eigenvalue weighted by molar-refractivity contribution is 0.0385. The van der Waals surface area contributed by atoms with E-state index in [1.807, 2.05) is 0 Å². The molecule has 0 aliphatic carbocycles. The van der Waals surface area contributed by atoms with Crippen LogP contribution in [0.2, 0.25) is 0 Å². The Morgan fingerprint density at radius 3 is 2.71 bits per heavy atom. The maximum Gasteiger partial charge on any atom is 0.0625 e. The zero-order valence-electron chi connectivity index (χ0n) is 12.0. The molecule has 1 atom stereocenters. The fourth-order valence-corrected chi connectivity index (χ4v) is 3.35. The molecule has 100 valence electrons. The van der Waals surface area contributed by atoms with Gasteiger partial charge in [0, 0.05) is 38.8 Å². The lowest BCUT2D eigenvalue weighted by Gasteiger charge is -2.39. The van der Waals surface area contributed by atoms with Gasteiger partial charge in [-0.15, -0.1) is 0 Å². The summed E-state index contributed by atoms with van der Waals surface area (Å²) in [5.74, 6) is 0. The molecule has 2 fully saturated rings. The molecule has 3 heteroatoms. The number of hydrogen-bond donors (Lipinski definition) is 1. The molecule has 0 spiro atoms. The number of rotatable bonds is 2. The van der Waals surface area contributed by atoms with Crippen molar-refractivity contribution in [2.24, 2.45) is 5.41 Å². The summed E-state index contributed by atoms with van der Waals surface area (Å²) in [6.45, 7) is 15.4. The normalized spacial score (nSPS) is 31.9. The van der Waals surface area contributed by atoms with Crippen LogP contribution in [0.15, 0.2) is 0 Å². The molecule has 17 heavy (non-hydrogen) atoms. The van der Waals surface area contributed by atoms with Crippen molar-refractivity contribution >= 4 is 0 Å². The monoisotopic (exact) mass is 239 g/mol. The molecule has 0 radical (unpaired) electrons. The van der Waals surface area contributed by atoms with Crippen molar-refractivity contribution < 1.29 is 0 Å². The third-order valence-electron chi connectivity index (χ3n) is 4.16. The first-order valence-corrected chi connectivity index (χ1v) is 7.20. The molecule has 2 aliphatic rings. The third kappa shape index (κ3) is 3.21. The smallest absolute Gasteiger partial charge is 0.0625 e. The van der Waals surface area contributed by atoms with Crippen LogP contribution in [0.4, 0.5) is 0 Å². The standard InChI is InChI=1S/C14H29N3/c1-12(2)17-8-5-6-13(17)16-9-7-15-10-14(3,4)11-16/h12-13,15H,5-11H2,1-4H3. The molecule has 0 aromatic heterocycles. The van der Waals surface area contributed by atoms with Crippen LogP contribution < -0.4 is 5.32 Å². The number of nitrogens with zero attached hydrogens (tertiary/aromatic N) is 2. The van der Waals surface area contributed by atoms with Gasteiger partial charge in [-0.1, -0.05) is 13.8 Å². The minimum Gasteiger partial charge on any atom is -0.315 e. The quantitative estimate of drug-likeness (QED) is 0.792. The van der Waals surface area contributed by atoms with E-state index in [-0.39, 0.29) is 0 Å². The molecule has 0 amide bonds. The Morgan fingerprint density at radius 2 is 2.00 bits per heavy atom. The molecule has 2 rings (SSSR count). The number of hydrogen-bond acceptors (Lipinski definition) is 3. The van der Waals surface area contributed by atoms with Crippen molar-refractivity contribution in [3.05, 3.63) is 0 Å². The minimum atomic E-state index is 0.405. The van der Waals surface area contributed by atoms with E-state index in [0.29, 0.717) is 17.6 Å². The van der Waals surface area contributed by atoms with Crippen LogP contribution in [-0.2, 0) is 0 Å². The van der Waals surface area contributed by atoms with Gasteiger partial charge in [-0.25, -0.2) is 0 Å². The lowest BCUT2D eigenvalue weighted by Crippen LogP contribution is -2.50. The van der Waals surface area contributed by atoms with E-state index in [9.17, 15) is 0 Å². The molecule has 0 aromatic rings. The highest BCUT2D eigenvalue weighted by Gasteiger charge is 2.35. The van der Waals surface area contributed by atoms with Crippen molar-refractivity contribution in [1.29, 1.82) is 0 Å². The first-order valence-electron chi connectivity index (χ1n) is 7.20. The van der Waals surface area contributed by atoms with Crippen LogP contribution in [0.25, 0.3) is 0 Å². The van der Waals surface area contributed by atoms with Crippen molar-refractivity contribution in [3.63, 3.8) is 0 Å². The molecule has 2 aliphatic heterocycles. The van der Waals surface area contributed by atoms with Gasteiger partial charge in [-0.3, -0.25) is 9.80 Å². The second-order valence-electron chi connectivity index (χ2n) is 6.77. The maximum atomic E-state index is 3.57. The van der Waals surface area contributed by atoms with Crippen molar-refractivity contribution in [1.82, 2.24) is 15.1 Å². The second kappa shape index (κ2) is 5.25. The zero-order valence-corrected chi connectivity index (χ0v) is 12.0. The van der Waals surface area contributed by atoms with Gasteiger partial charge < -0.3 is 5.32 Å². The molecule has 0 bridgehead atoms. The van der Waals surface area contributed by atoms with E-state index in [2.05, 4.69) is 42.8 Å². The first kappa shape index (κ1) is 13.3. The van der Waals surface area contributed by atoms with Crippen molar-refractivity contribution in [2.75, 3.05) is 32.7 Å². The lowest BCUT2D eigenvalue weighted by atomic mass is 9.93. The Balaban J connectivity index is 2.04. The summed E-state index contributed by atoms with van der Waals surface area (Å²) in [6, 6.07) is 0.682. The average Bonchev–Trinajstić information content (AvgIpc) is 2.64. The van der Waals surface area contributed by atoms with Gasteiger partial charge in [0.1, 0.15) is 0 Å². The molecule has 2 saturated heterocycles. The Labute approximate surface area is 107 Å². The van der Waals surface area contributed by atoms with Gasteiger partial charge in [0.25, 0.3) is 0 Å². The van der Waals surface area contributed by atoms with Gasteiger partial charge >= 0.3 is 0 Å². The predicted octanol–water partition coefficient (Wildman–Crippen LogP) is 1.75. The SMILES string of the molecule is CC(C)N1CCCC1N1CCNCC(C)(C)C1. The zero-order chi connectivity index (χ0) is 12.5. The minimum absolute atomic E-state index is 0.405. The molecule has 1 unspecified atom stereocenters. The Morgan fingerprint density at radius 1 is 1.24 bits per heavy atom. The van der Waals surface area contributed by atoms with E-state index < -0.39 is 0 Å². The molecule has 2 heterocycles. The summed E-state index contributed by atoms with van der Waals surface area (Å²) in [6.07, 6.45) is 3.41. The molecule has 3 nitrogen and oxygen atoms in total. The van der Waals surface area contributed by atoms with Crippen LogP contribution in [0.5, 0.6) is 0 Å². The van der Waals surface area contributed by atoms with Gasteiger partial charge in [-0.05, 0) is 32.1 Å². The van der Waals surface area contributed by atoms with Gasteiger partial charge in [0.15, 0.2) is 0 Å². The van der Waals surface area contributed by atoms with Gasteiger partial charge in [0.05, 0.1) is 6.17 Å².